The molecule has 0 aromatic heterocycles. The van der Waals surface area contributed by atoms with Gasteiger partial charge in [-0.25, -0.2) is 4.39 Å². The van der Waals surface area contributed by atoms with Crippen LogP contribution >= 0.6 is 0 Å². The number of hydrogen-bond donors (Lipinski definition) is 0. The molecule has 0 aromatic carbocycles. The van der Waals surface area contributed by atoms with Crippen molar-refractivity contribution in [3.8, 4) is 0 Å². The zero-order valence-corrected chi connectivity index (χ0v) is 14.0. The van der Waals surface area contributed by atoms with Gasteiger partial charge < -0.3 is 9.47 Å². The molecule has 0 bridgehead atoms. The molecule has 2 aliphatic rings. The van der Waals surface area contributed by atoms with Crippen LogP contribution in [-0.4, -0.2) is 25.7 Å². The van der Waals surface area contributed by atoms with E-state index >= 15 is 0 Å². The second kappa shape index (κ2) is 8.99. The van der Waals surface area contributed by atoms with Crippen LogP contribution in [-0.2, 0) is 9.47 Å². The van der Waals surface area contributed by atoms with Crippen molar-refractivity contribution in [3.63, 3.8) is 0 Å². The first-order chi connectivity index (χ1) is 11.4. The van der Waals surface area contributed by atoms with E-state index in [1.54, 1.807) is 0 Å². The highest BCUT2D eigenvalue weighted by atomic mass is 19.4. The van der Waals surface area contributed by atoms with E-state index in [0.29, 0.717) is 44.8 Å². The minimum absolute atomic E-state index is 0.204. The summed E-state index contributed by atoms with van der Waals surface area (Å²) < 4.78 is 61.4. The summed E-state index contributed by atoms with van der Waals surface area (Å²) in [5.41, 5.74) is 0. The van der Waals surface area contributed by atoms with Gasteiger partial charge in [-0.2, -0.15) is 13.2 Å². The van der Waals surface area contributed by atoms with E-state index in [1.807, 2.05) is 12.2 Å². The van der Waals surface area contributed by atoms with Gasteiger partial charge in [0.1, 0.15) is 5.83 Å². The molecule has 2 rings (SSSR count). The first-order valence-corrected chi connectivity index (χ1v) is 8.74. The molecule has 1 saturated carbocycles. The van der Waals surface area contributed by atoms with Gasteiger partial charge in [0.25, 0.3) is 0 Å². The molecule has 6 heteroatoms. The average Bonchev–Trinajstić information content (AvgIpc) is 2.53. The Kier molecular flexibility index (Phi) is 7.29. The van der Waals surface area contributed by atoms with Gasteiger partial charge in [0.2, 0.25) is 0 Å². The summed E-state index contributed by atoms with van der Waals surface area (Å²) in [6.07, 6.45) is 3.24. The Hall–Kier alpha value is -0.880. The normalized spacial score (nSPS) is 33.1. The SMILES string of the molecule is CCCC1COC(/C=C/C2CCC(/C(F)=C/C(F)(F)F)CC2)OC1. The summed E-state index contributed by atoms with van der Waals surface area (Å²) >= 11 is 0. The fourth-order valence-corrected chi connectivity index (χ4v) is 3.35. The van der Waals surface area contributed by atoms with Crippen molar-refractivity contribution >= 4 is 0 Å². The van der Waals surface area contributed by atoms with Gasteiger partial charge in [0, 0.05) is 11.8 Å². The molecule has 0 unspecified atom stereocenters. The molecule has 138 valence electrons. The topological polar surface area (TPSA) is 18.5 Å². The highest BCUT2D eigenvalue weighted by Crippen LogP contribution is 2.36. The predicted octanol–water partition coefficient (Wildman–Crippen LogP) is 5.55. The highest BCUT2D eigenvalue weighted by Gasteiger charge is 2.30. The molecule has 0 N–H and O–H groups in total. The van der Waals surface area contributed by atoms with Crippen LogP contribution in [0.2, 0.25) is 0 Å². The maximum Gasteiger partial charge on any atom is 0.412 e. The van der Waals surface area contributed by atoms with E-state index in [9.17, 15) is 17.6 Å². The van der Waals surface area contributed by atoms with E-state index in [4.69, 9.17) is 9.47 Å². The summed E-state index contributed by atoms with van der Waals surface area (Å²) in [6, 6.07) is 0. The smallest absolute Gasteiger partial charge is 0.349 e. The third-order valence-electron chi connectivity index (χ3n) is 4.69. The summed E-state index contributed by atoms with van der Waals surface area (Å²) in [5, 5.41) is 0. The van der Waals surface area contributed by atoms with Crippen LogP contribution in [0.4, 0.5) is 17.6 Å². The molecule has 24 heavy (non-hydrogen) atoms. The maximum atomic E-state index is 13.6. The fraction of sp³-hybridized carbons (Fsp3) is 0.778. The van der Waals surface area contributed by atoms with E-state index in [0.717, 1.165) is 12.8 Å². The summed E-state index contributed by atoms with van der Waals surface area (Å²) in [4.78, 5) is 0. The lowest BCUT2D eigenvalue weighted by Crippen LogP contribution is -2.30. The van der Waals surface area contributed by atoms with Gasteiger partial charge in [-0.1, -0.05) is 19.4 Å². The Bertz CT molecular complexity index is 429. The summed E-state index contributed by atoms with van der Waals surface area (Å²) in [7, 11) is 0. The highest BCUT2D eigenvalue weighted by molar-refractivity contribution is 5.04. The molecule has 0 atom stereocenters. The van der Waals surface area contributed by atoms with Gasteiger partial charge in [-0.3, -0.25) is 0 Å². The molecular weight excluding hydrogens is 324 g/mol. The van der Waals surface area contributed by atoms with Crippen molar-refractivity contribution in [3.05, 3.63) is 24.1 Å². The van der Waals surface area contributed by atoms with Gasteiger partial charge in [-0.15, -0.1) is 0 Å². The zero-order valence-electron chi connectivity index (χ0n) is 14.0. The molecule has 2 nitrogen and oxygen atoms in total. The van der Waals surface area contributed by atoms with Gasteiger partial charge in [0.15, 0.2) is 6.29 Å². The molecule has 1 aliphatic carbocycles. The van der Waals surface area contributed by atoms with Crippen LogP contribution in [0.3, 0.4) is 0 Å². The third-order valence-corrected chi connectivity index (χ3v) is 4.69. The lowest BCUT2D eigenvalue weighted by molar-refractivity contribution is -0.175. The van der Waals surface area contributed by atoms with E-state index in [2.05, 4.69) is 6.92 Å². The number of rotatable bonds is 5. The van der Waals surface area contributed by atoms with E-state index in [-0.39, 0.29) is 18.3 Å². The molecule has 0 spiro atoms. The molecule has 1 heterocycles. The number of ether oxygens (including phenoxy) is 2. The standard InChI is InChI=1S/C18H26F4O2/c1-2-3-14-11-23-17(24-12-14)9-6-13-4-7-15(8-5-13)16(19)10-18(20,21)22/h6,9-10,13-15,17H,2-5,7-8,11-12H2,1H3/b9-6+,16-10-. The van der Waals surface area contributed by atoms with Crippen molar-refractivity contribution in [1.82, 2.24) is 0 Å². The third kappa shape index (κ3) is 6.55. The Morgan fingerprint density at radius 1 is 1.04 bits per heavy atom. The summed E-state index contributed by atoms with van der Waals surface area (Å²) in [6.45, 7) is 3.53. The van der Waals surface area contributed by atoms with Crippen molar-refractivity contribution in [1.29, 1.82) is 0 Å². The molecule has 2 fully saturated rings. The molecular formula is C18H26F4O2. The van der Waals surface area contributed by atoms with Crippen LogP contribution in [0, 0.1) is 17.8 Å². The molecule has 0 aromatic rings. The van der Waals surface area contributed by atoms with E-state index in [1.165, 1.54) is 0 Å². The van der Waals surface area contributed by atoms with Crippen molar-refractivity contribution in [2.75, 3.05) is 13.2 Å². The van der Waals surface area contributed by atoms with Gasteiger partial charge >= 0.3 is 6.18 Å². The second-order valence-corrected chi connectivity index (χ2v) is 6.76. The first kappa shape index (κ1) is 19.4. The molecule has 1 saturated heterocycles. The molecule has 0 radical (unpaired) electrons. The molecule has 0 amide bonds. The van der Waals surface area contributed by atoms with Crippen molar-refractivity contribution in [2.24, 2.45) is 17.8 Å². The quantitative estimate of drug-likeness (QED) is 0.478. The first-order valence-electron chi connectivity index (χ1n) is 8.74. The Balaban J connectivity index is 1.72. The van der Waals surface area contributed by atoms with Gasteiger partial charge in [0.05, 0.1) is 19.3 Å². The number of allylic oxidation sites excluding steroid dienone is 3. The van der Waals surface area contributed by atoms with Crippen LogP contribution in [0.25, 0.3) is 0 Å². The number of hydrogen-bond acceptors (Lipinski definition) is 2. The zero-order chi connectivity index (χ0) is 17.6. The number of alkyl halides is 3. The maximum absolute atomic E-state index is 13.6. The van der Waals surface area contributed by atoms with Crippen LogP contribution in [0.5, 0.6) is 0 Å². The molecule has 1 aliphatic heterocycles. The van der Waals surface area contributed by atoms with Crippen LogP contribution < -0.4 is 0 Å². The van der Waals surface area contributed by atoms with Crippen LogP contribution in [0.15, 0.2) is 24.1 Å². The Morgan fingerprint density at radius 3 is 2.21 bits per heavy atom. The predicted molar refractivity (Wildman–Crippen MR) is 83.9 cm³/mol. The Morgan fingerprint density at radius 2 is 1.67 bits per heavy atom. The lowest BCUT2D eigenvalue weighted by Gasteiger charge is -2.29. The fourth-order valence-electron chi connectivity index (χ4n) is 3.35. The lowest BCUT2D eigenvalue weighted by atomic mass is 9.81. The van der Waals surface area contributed by atoms with Crippen molar-refractivity contribution in [2.45, 2.75) is 57.9 Å². The minimum Gasteiger partial charge on any atom is -0.349 e. The monoisotopic (exact) mass is 350 g/mol. The summed E-state index contributed by atoms with van der Waals surface area (Å²) in [5.74, 6) is -0.932. The average molecular weight is 350 g/mol. The largest absolute Gasteiger partial charge is 0.412 e. The van der Waals surface area contributed by atoms with E-state index < -0.39 is 17.9 Å². The van der Waals surface area contributed by atoms with Crippen molar-refractivity contribution < 1.29 is 27.0 Å². The number of halogens is 4. The Labute approximate surface area is 140 Å². The van der Waals surface area contributed by atoms with Gasteiger partial charge in [-0.05, 0) is 44.1 Å². The minimum atomic E-state index is -4.58. The second-order valence-electron chi connectivity index (χ2n) is 6.76. The van der Waals surface area contributed by atoms with Crippen LogP contribution in [0.1, 0.15) is 45.4 Å².